The Labute approximate surface area is 180 Å². The van der Waals surface area contributed by atoms with Crippen molar-refractivity contribution in [2.45, 2.75) is 6.54 Å². The topological polar surface area (TPSA) is 52.8 Å². The van der Waals surface area contributed by atoms with Crippen LogP contribution in [0.25, 0.3) is 10.2 Å². The largest absolute Gasteiger partial charge is 0.493 e. The lowest BCUT2D eigenvalue weighted by atomic mass is 10.2. The summed E-state index contributed by atoms with van der Waals surface area (Å²) in [5.74, 6) is 1.73. The lowest BCUT2D eigenvalue weighted by Gasteiger charge is -2.09. The van der Waals surface area contributed by atoms with E-state index in [0.29, 0.717) is 33.4 Å². The summed E-state index contributed by atoms with van der Waals surface area (Å²) in [6.45, 7) is 0.705. The van der Waals surface area contributed by atoms with Crippen LogP contribution in [0, 0.1) is 0 Å². The Morgan fingerprint density at radius 1 is 1.18 bits per heavy atom. The molecule has 3 rings (SSSR count). The summed E-state index contributed by atoms with van der Waals surface area (Å²) in [5.41, 5.74) is 1.25. The average Bonchev–Trinajstić information content (AvgIpc) is 3.00. The first-order chi connectivity index (χ1) is 13.5. The summed E-state index contributed by atoms with van der Waals surface area (Å²) in [4.78, 5) is 17.7. The molecule has 3 aromatic rings. The quantitative estimate of drug-likeness (QED) is 0.515. The number of rotatable bonds is 6. The van der Waals surface area contributed by atoms with Gasteiger partial charge in [-0.25, -0.2) is 0 Å². The molecule has 0 atom stereocenters. The van der Waals surface area contributed by atoms with Crippen molar-refractivity contribution in [3.05, 3.63) is 50.7 Å². The molecule has 0 aliphatic rings. The van der Waals surface area contributed by atoms with Gasteiger partial charge in [-0.2, -0.15) is 16.8 Å². The van der Waals surface area contributed by atoms with Crippen molar-refractivity contribution in [2.24, 2.45) is 4.99 Å². The molecule has 0 saturated carbocycles. The van der Waals surface area contributed by atoms with Crippen molar-refractivity contribution >= 4 is 62.4 Å². The van der Waals surface area contributed by atoms with E-state index >= 15 is 0 Å². The number of methoxy groups -OCH3 is 2. The maximum absolute atomic E-state index is 12.7. The number of thioether (sulfide) groups is 1. The smallest absolute Gasteiger partial charge is 0.281 e. The normalized spacial score (nSPS) is 11.8. The van der Waals surface area contributed by atoms with Crippen molar-refractivity contribution in [2.75, 3.05) is 26.2 Å². The third-order valence-electron chi connectivity index (χ3n) is 4.07. The Bertz CT molecular complexity index is 1090. The van der Waals surface area contributed by atoms with Gasteiger partial charge < -0.3 is 14.0 Å². The molecule has 9 heteroatoms. The molecule has 1 aromatic heterocycles. The lowest BCUT2D eigenvalue weighted by molar-refractivity contribution is 0.0998. The van der Waals surface area contributed by atoms with Crippen LogP contribution in [-0.4, -0.2) is 36.7 Å². The number of carbonyl (C=O) groups excluding carboxylic acids is 1. The third-order valence-corrected chi connectivity index (χ3v) is 6.25. The molecule has 2 aromatic carbocycles. The van der Waals surface area contributed by atoms with Gasteiger partial charge in [-0.3, -0.25) is 4.79 Å². The van der Waals surface area contributed by atoms with Crippen LogP contribution in [0.4, 0.5) is 0 Å². The molecule has 0 N–H and O–H groups in total. The predicted molar refractivity (Wildman–Crippen MR) is 118 cm³/mol. The van der Waals surface area contributed by atoms with Crippen LogP contribution < -0.4 is 14.3 Å². The summed E-state index contributed by atoms with van der Waals surface area (Å²) in [7, 11) is 3.19. The van der Waals surface area contributed by atoms with Crippen LogP contribution in [-0.2, 0) is 6.54 Å². The Morgan fingerprint density at radius 3 is 2.54 bits per heavy atom. The molecule has 0 fully saturated rings. The highest BCUT2D eigenvalue weighted by Gasteiger charge is 2.15. The zero-order valence-electron chi connectivity index (χ0n) is 15.5. The second-order valence-electron chi connectivity index (χ2n) is 5.75. The van der Waals surface area contributed by atoms with Gasteiger partial charge >= 0.3 is 0 Å². The fraction of sp³-hybridized carbons (Fsp3) is 0.263. The number of aromatic nitrogens is 1. The summed E-state index contributed by atoms with van der Waals surface area (Å²) in [5, 5.41) is 0.749. The second-order valence-corrected chi connectivity index (χ2v) is 8.58. The summed E-state index contributed by atoms with van der Waals surface area (Å²) >= 11 is 15.2. The Balaban J connectivity index is 2.17. The van der Waals surface area contributed by atoms with Gasteiger partial charge in [0, 0.05) is 29.5 Å². The zero-order chi connectivity index (χ0) is 20.3. The van der Waals surface area contributed by atoms with Crippen LogP contribution in [0.3, 0.4) is 0 Å². The third kappa shape index (κ3) is 4.33. The Morgan fingerprint density at radius 2 is 1.89 bits per heavy atom. The number of thiazole rings is 1. The highest BCUT2D eigenvalue weighted by molar-refractivity contribution is 7.98. The number of halogens is 2. The molecule has 0 bridgehead atoms. The minimum absolute atomic E-state index is 0.279. The van der Waals surface area contributed by atoms with Crippen molar-refractivity contribution in [3.8, 4) is 11.5 Å². The monoisotopic (exact) mass is 456 g/mol. The number of nitrogens with zero attached hydrogens (tertiary/aromatic N) is 2. The van der Waals surface area contributed by atoms with E-state index in [2.05, 4.69) is 4.99 Å². The number of carbonyl (C=O) groups is 1. The maximum atomic E-state index is 12.7. The first kappa shape index (κ1) is 21.0. The van der Waals surface area contributed by atoms with Crippen LogP contribution >= 0.6 is 46.3 Å². The fourth-order valence-electron chi connectivity index (χ4n) is 2.69. The van der Waals surface area contributed by atoms with Crippen LogP contribution in [0.1, 0.15) is 10.4 Å². The van der Waals surface area contributed by atoms with E-state index in [1.807, 2.05) is 23.0 Å². The molecule has 0 aliphatic heterocycles. The van der Waals surface area contributed by atoms with Crippen LogP contribution in [0.5, 0.6) is 11.5 Å². The van der Waals surface area contributed by atoms with Crippen molar-refractivity contribution < 1.29 is 14.3 Å². The molecule has 148 valence electrons. The van der Waals surface area contributed by atoms with Gasteiger partial charge in [0.25, 0.3) is 5.91 Å². The van der Waals surface area contributed by atoms with E-state index < -0.39 is 5.91 Å². The molecule has 0 saturated heterocycles. The molecule has 1 heterocycles. The van der Waals surface area contributed by atoms with E-state index in [1.54, 1.807) is 38.1 Å². The Kier molecular flexibility index (Phi) is 6.93. The van der Waals surface area contributed by atoms with E-state index in [4.69, 9.17) is 32.7 Å². The summed E-state index contributed by atoms with van der Waals surface area (Å²) < 4.78 is 13.8. The SMILES string of the molecule is COc1cc2sc(=NC(=O)c3ccc(Cl)cc3Cl)n(CCSC)c2cc1OC. The van der Waals surface area contributed by atoms with Crippen LogP contribution in [0.15, 0.2) is 35.3 Å². The first-order valence-electron chi connectivity index (χ1n) is 8.27. The fourth-order valence-corrected chi connectivity index (χ4v) is 4.61. The number of aryl methyl sites for hydroxylation is 1. The first-order valence-corrected chi connectivity index (χ1v) is 11.2. The van der Waals surface area contributed by atoms with Gasteiger partial charge in [0.1, 0.15) is 0 Å². The number of fused-ring (bicyclic) bond motifs is 1. The van der Waals surface area contributed by atoms with Crippen molar-refractivity contribution in [1.29, 1.82) is 0 Å². The maximum Gasteiger partial charge on any atom is 0.281 e. The van der Waals surface area contributed by atoms with Gasteiger partial charge in [-0.15, -0.1) is 0 Å². The molecule has 5 nitrogen and oxygen atoms in total. The minimum atomic E-state index is -0.412. The molecule has 0 aliphatic carbocycles. The number of benzene rings is 2. The average molecular weight is 457 g/mol. The predicted octanol–water partition coefficient (Wildman–Crippen LogP) is 5.13. The van der Waals surface area contributed by atoms with Gasteiger partial charge in [-0.05, 0) is 24.5 Å². The number of amides is 1. The molecular weight excluding hydrogens is 439 g/mol. The minimum Gasteiger partial charge on any atom is -0.493 e. The molecule has 28 heavy (non-hydrogen) atoms. The number of hydrogen-bond acceptors (Lipinski definition) is 5. The van der Waals surface area contributed by atoms with Gasteiger partial charge in [0.05, 0.1) is 35.0 Å². The van der Waals surface area contributed by atoms with E-state index in [0.717, 1.165) is 16.0 Å². The summed E-state index contributed by atoms with van der Waals surface area (Å²) in [6, 6.07) is 8.55. The van der Waals surface area contributed by atoms with Crippen LogP contribution in [0.2, 0.25) is 10.0 Å². The van der Waals surface area contributed by atoms with E-state index in [9.17, 15) is 4.79 Å². The van der Waals surface area contributed by atoms with E-state index in [1.165, 1.54) is 17.4 Å². The molecule has 1 amide bonds. The van der Waals surface area contributed by atoms with E-state index in [-0.39, 0.29) is 5.02 Å². The molecule has 0 unspecified atom stereocenters. The highest BCUT2D eigenvalue weighted by Crippen LogP contribution is 2.33. The molecule has 0 radical (unpaired) electrons. The van der Waals surface area contributed by atoms with Gasteiger partial charge in [0.2, 0.25) is 0 Å². The number of hydrogen-bond donors (Lipinski definition) is 0. The summed E-state index contributed by atoms with van der Waals surface area (Å²) in [6.07, 6.45) is 2.04. The molecular formula is C19H18Cl2N2O3S2. The lowest BCUT2D eigenvalue weighted by Crippen LogP contribution is -2.18. The Hall–Kier alpha value is -1.67. The van der Waals surface area contributed by atoms with Crippen molar-refractivity contribution in [3.63, 3.8) is 0 Å². The highest BCUT2D eigenvalue weighted by atomic mass is 35.5. The standard InChI is InChI=1S/C19H18Cl2N2O3S2/c1-25-15-9-14-17(10-16(15)26-2)28-19(23(14)6-7-27-3)22-18(24)12-5-4-11(20)8-13(12)21/h4-5,8-10H,6-7H2,1-3H3. The van der Waals surface area contributed by atoms with Gasteiger partial charge in [-0.1, -0.05) is 34.5 Å². The van der Waals surface area contributed by atoms with Gasteiger partial charge in [0.15, 0.2) is 16.3 Å². The second kappa shape index (κ2) is 9.22. The molecule has 0 spiro atoms. The zero-order valence-corrected chi connectivity index (χ0v) is 18.6. The number of ether oxygens (including phenoxy) is 2. The van der Waals surface area contributed by atoms with Crippen molar-refractivity contribution in [1.82, 2.24) is 4.57 Å².